The van der Waals surface area contributed by atoms with Crippen LogP contribution in [0.1, 0.15) is 17.8 Å². The van der Waals surface area contributed by atoms with Crippen molar-refractivity contribution in [1.29, 1.82) is 0 Å². The van der Waals surface area contributed by atoms with Crippen molar-refractivity contribution in [2.75, 3.05) is 5.32 Å². The molecule has 0 saturated carbocycles. The van der Waals surface area contributed by atoms with Gasteiger partial charge in [-0.2, -0.15) is 10.1 Å². The fraction of sp³-hybridized carbons (Fsp3) is 0.385. The molecule has 3 aromatic rings. The van der Waals surface area contributed by atoms with Gasteiger partial charge < -0.3 is 10.3 Å². The molecule has 0 spiro atoms. The number of H-pyrrole nitrogens is 2. The first kappa shape index (κ1) is 12.1. The van der Waals surface area contributed by atoms with Crippen LogP contribution >= 0.6 is 0 Å². The SMILES string of the molecule is Cn1ncc2c(=O)[nH]c(NC3CCc4nc[nH]c4C3)nc21. The summed E-state index contributed by atoms with van der Waals surface area (Å²) in [5.41, 5.74) is 2.70. The van der Waals surface area contributed by atoms with Gasteiger partial charge in [-0.3, -0.25) is 14.5 Å². The molecule has 1 aliphatic rings. The smallest absolute Gasteiger partial charge is 0.263 e. The van der Waals surface area contributed by atoms with Gasteiger partial charge in [0.1, 0.15) is 5.39 Å². The second kappa shape index (κ2) is 4.44. The lowest BCUT2D eigenvalue weighted by Crippen LogP contribution is -2.29. The summed E-state index contributed by atoms with van der Waals surface area (Å²) in [5, 5.41) is 7.87. The van der Waals surface area contributed by atoms with Gasteiger partial charge in [-0.05, 0) is 12.8 Å². The minimum atomic E-state index is -0.173. The third-order valence-corrected chi connectivity index (χ3v) is 3.93. The summed E-state index contributed by atoms with van der Waals surface area (Å²) in [5.74, 6) is 0.490. The van der Waals surface area contributed by atoms with Crippen molar-refractivity contribution in [2.24, 2.45) is 7.05 Å². The molecular formula is C13H15N7O. The van der Waals surface area contributed by atoms with Crippen LogP contribution < -0.4 is 10.9 Å². The van der Waals surface area contributed by atoms with Crippen LogP contribution in [0.3, 0.4) is 0 Å². The Kier molecular flexibility index (Phi) is 2.56. The quantitative estimate of drug-likeness (QED) is 0.630. The highest BCUT2D eigenvalue weighted by Crippen LogP contribution is 2.20. The van der Waals surface area contributed by atoms with Crippen molar-refractivity contribution < 1.29 is 0 Å². The molecule has 8 heteroatoms. The van der Waals surface area contributed by atoms with Crippen molar-refractivity contribution in [2.45, 2.75) is 25.3 Å². The lowest BCUT2D eigenvalue weighted by Gasteiger charge is -2.22. The molecule has 0 bridgehead atoms. The molecule has 1 atom stereocenters. The van der Waals surface area contributed by atoms with Crippen molar-refractivity contribution in [1.82, 2.24) is 29.7 Å². The fourth-order valence-electron chi connectivity index (χ4n) is 2.82. The van der Waals surface area contributed by atoms with E-state index >= 15 is 0 Å². The van der Waals surface area contributed by atoms with Crippen molar-refractivity contribution in [3.05, 3.63) is 34.3 Å². The Labute approximate surface area is 119 Å². The first-order valence-electron chi connectivity index (χ1n) is 6.90. The lowest BCUT2D eigenvalue weighted by molar-refractivity contribution is 0.593. The van der Waals surface area contributed by atoms with Crippen LogP contribution in [0.15, 0.2) is 17.3 Å². The molecule has 0 fully saturated rings. The number of hydrogen-bond acceptors (Lipinski definition) is 5. The molecule has 108 valence electrons. The highest BCUT2D eigenvalue weighted by molar-refractivity contribution is 5.74. The fourth-order valence-corrected chi connectivity index (χ4v) is 2.82. The summed E-state index contributed by atoms with van der Waals surface area (Å²) in [7, 11) is 1.77. The number of aromatic amines is 2. The molecule has 21 heavy (non-hydrogen) atoms. The molecule has 1 aliphatic carbocycles. The molecule has 0 radical (unpaired) electrons. The zero-order valence-electron chi connectivity index (χ0n) is 11.6. The Hall–Kier alpha value is -2.64. The van der Waals surface area contributed by atoms with Gasteiger partial charge in [-0.15, -0.1) is 0 Å². The van der Waals surface area contributed by atoms with Gasteiger partial charge in [0.05, 0.1) is 18.2 Å². The summed E-state index contributed by atoms with van der Waals surface area (Å²) < 4.78 is 1.60. The van der Waals surface area contributed by atoms with E-state index in [2.05, 4.69) is 30.4 Å². The van der Waals surface area contributed by atoms with Crippen molar-refractivity contribution >= 4 is 17.0 Å². The number of imidazole rings is 1. The van der Waals surface area contributed by atoms with Gasteiger partial charge in [0.2, 0.25) is 5.95 Å². The van der Waals surface area contributed by atoms with E-state index in [4.69, 9.17) is 0 Å². The van der Waals surface area contributed by atoms with E-state index < -0.39 is 0 Å². The van der Waals surface area contributed by atoms with E-state index in [0.717, 1.165) is 30.7 Å². The Balaban J connectivity index is 1.63. The van der Waals surface area contributed by atoms with E-state index in [9.17, 15) is 4.79 Å². The third-order valence-electron chi connectivity index (χ3n) is 3.93. The molecule has 4 rings (SSSR count). The van der Waals surface area contributed by atoms with Crippen LogP contribution in [-0.2, 0) is 19.9 Å². The maximum absolute atomic E-state index is 12.0. The van der Waals surface area contributed by atoms with Crippen LogP contribution in [0, 0.1) is 0 Å². The van der Waals surface area contributed by atoms with E-state index in [1.54, 1.807) is 18.1 Å². The Morgan fingerprint density at radius 2 is 2.38 bits per heavy atom. The van der Waals surface area contributed by atoms with Crippen molar-refractivity contribution in [3.8, 4) is 0 Å². The standard InChI is InChI=1S/C13H15N7O/c1-20-11-8(5-16-20)12(21)19-13(18-11)17-7-2-3-9-10(4-7)15-6-14-9/h5-7H,2-4H2,1H3,(H,14,15)(H2,17,18,19,21). The number of fused-ring (bicyclic) bond motifs is 2. The van der Waals surface area contributed by atoms with Crippen LogP contribution in [0.25, 0.3) is 11.0 Å². The second-order valence-electron chi connectivity index (χ2n) is 5.33. The first-order chi connectivity index (χ1) is 10.2. The predicted molar refractivity (Wildman–Crippen MR) is 77.2 cm³/mol. The minimum Gasteiger partial charge on any atom is -0.353 e. The van der Waals surface area contributed by atoms with E-state index in [-0.39, 0.29) is 11.6 Å². The molecular weight excluding hydrogens is 270 g/mol. The average Bonchev–Trinajstić information content (AvgIpc) is 3.06. The monoisotopic (exact) mass is 285 g/mol. The second-order valence-corrected chi connectivity index (χ2v) is 5.33. The highest BCUT2D eigenvalue weighted by Gasteiger charge is 2.21. The molecule has 0 saturated heterocycles. The van der Waals surface area contributed by atoms with E-state index in [0.29, 0.717) is 17.0 Å². The average molecular weight is 285 g/mol. The number of hydrogen-bond donors (Lipinski definition) is 3. The van der Waals surface area contributed by atoms with E-state index in [1.165, 1.54) is 6.20 Å². The first-order valence-corrected chi connectivity index (χ1v) is 6.90. The molecule has 1 unspecified atom stereocenters. The van der Waals surface area contributed by atoms with Crippen LogP contribution in [-0.4, -0.2) is 35.8 Å². The summed E-state index contributed by atoms with van der Waals surface area (Å²) in [6.45, 7) is 0. The summed E-state index contributed by atoms with van der Waals surface area (Å²) in [6.07, 6.45) is 6.00. The van der Waals surface area contributed by atoms with Crippen molar-refractivity contribution in [3.63, 3.8) is 0 Å². The minimum absolute atomic E-state index is 0.173. The maximum Gasteiger partial charge on any atom is 0.263 e. The van der Waals surface area contributed by atoms with Gasteiger partial charge in [0.15, 0.2) is 5.65 Å². The normalized spacial score (nSPS) is 17.9. The molecule has 3 heterocycles. The number of nitrogens with zero attached hydrogens (tertiary/aromatic N) is 4. The summed E-state index contributed by atoms with van der Waals surface area (Å²) in [4.78, 5) is 26.7. The van der Waals surface area contributed by atoms with Gasteiger partial charge >= 0.3 is 0 Å². The molecule has 0 aromatic carbocycles. The lowest BCUT2D eigenvalue weighted by atomic mass is 9.96. The maximum atomic E-state index is 12.0. The number of anilines is 1. The van der Waals surface area contributed by atoms with Crippen LogP contribution in [0.2, 0.25) is 0 Å². The molecule has 8 nitrogen and oxygen atoms in total. The summed E-state index contributed by atoms with van der Waals surface area (Å²) >= 11 is 0. The molecule has 3 N–H and O–H groups in total. The zero-order chi connectivity index (χ0) is 14.4. The molecule has 0 amide bonds. The number of aromatic nitrogens is 6. The Morgan fingerprint density at radius 3 is 3.29 bits per heavy atom. The van der Waals surface area contributed by atoms with Gasteiger partial charge in [0.25, 0.3) is 5.56 Å². The predicted octanol–water partition coefficient (Wildman–Crippen LogP) is 0.349. The van der Waals surface area contributed by atoms with E-state index in [1.807, 2.05) is 0 Å². The number of nitrogens with one attached hydrogen (secondary N) is 3. The molecule has 3 aromatic heterocycles. The third kappa shape index (κ3) is 1.99. The van der Waals surface area contributed by atoms with Crippen LogP contribution in [0.5, 0.6) is 0 Å². The van der Waals surface area contributed by atoms with Gasteiger partial charge in [0, 0.05) is 25.2 Å². The topological polar surface area (TPSA) is 104 Å². The molecule has 0 aliphatic heterocycles. The highest BCUT2D eigenvalue weighted by atomic mass is 16.1. The van der Waals surface area contributed by atoms with Gasteiger partial charge in [-0.25, -0.2) is 4.98 Å². The van der Waals surface area contributed by atoms with Crippen LogP contribution in [0.4, 0.5) is 5.95 Å². The van der Waals surface area contributed by atoms with Gasteiger partial charge in [-0.1, -0.05) is 0 Å². The number of rotatable bonds is 2. The number of aryl methyl sites for hydroxylation is 2. The largest absolute Gasteiger partial charge is 0.353 e. The Bertz CT molecular complexity index is 859. The zero-order valence-corrected chi connectivity index (χ0v) is 11.6. The summed E-state index contributed by atoms with van der Waals surface area (Å²) in [6, 6.07) is 0.228. The Morgan fingerprint density at radius 1 is 1.48 bits per heavy atom.